The van der Waals surface area contributed by atoms with Crippen LogP contribution in [-0.4, -0.2) is 43.1 Å². The summed E-state index contributed by atoms with van der Waals surface area (Å²) >= 11 is 0. The number of nitrogens with one attached hydrogen (secondary N) is 2. The van der Waals surface area contributed by atoms with Gasteiger partial charge in [-0.3, -0.25) is 4.90 Å². The van der Waals surface area contributed by atoms with E-state index >= 15 is 0 Å². The number of benzene rings is 1. The number of esters is 1. The van der Waals surface area contributed by atoms with Gasteiger partial charge in [-0.1, -0.05) is 12.5 Å². The lowest BCUT2D eigenvalue weighted by molar-refractivity contribution is -0.139. The Morgan fingerprint density at radius 2 is 1.96 bits per heavy atom. The van der Waals surface area contributed by atoms with Crippen molar-refractivity contribution in [1.82, 2.24) is 15.5 Å². The molecular weight excluding hydrogens is 356 g/mol. The first-order valence-corrected chi connectivity index (χ1v) is 9.14. The second-order valence-corrected chi connectivity index (χ2v) is 6.65. The third-order valence-corrected chi connectivity index (χ3v) is 4.76. The summed E-state index contributed by atoms with van der Waals surface area (Å²) in [7, 11) is 0. The van der Waals surface area contributed by atoms with Crippen molar-refractivity contribution in [2.75, 3.05) is 26.2 Å². The highest BCUT2D eigenvalue weighted by Crippen LogP contribution is 2.29. The number of likely N-dealkylation sites (tertiary alicyclic amines) is 1. The van der Waals surface area contributed by atoms with Gasteiger partial charge in [-0.05, 0) is 50.6 Å². The third-order valence-electron chi connectivity index (χ3n) is 4.76. The maximum absolute atomic E-state index is 13.7. The van der Waals surface area contributed by atoms with E-state index in [1.807, 2.05) is 0 Å². The fourth-order valence-corrected chi connectivity index (χ4v) is 3.48. The van der Waals surface area contributed by atoms with Crippen LogP contribution in [0.2, 0.25) is 0 Å². The molecule has 2 heterocycles. The van der Waals surface area contributed by atoms with Gasteiger partial charge in [-0.25, -0.2) is 18.4 Å². The fourth-order valence-electron chi connectivity index (χ4n) is 3.48. The van der Waals surface area contributed by atoms with E-state index in [4.69, 9.17) is 4.74 Å². The Kier molecular flexibility index (Phi) is 6.05. The molecule has 1 atom stereocenters. The van der Waals surface area contributed by atoms with E-state index in [1.165, 1.54) is 6.07 Å². The van der Waals surface area contributed by atoms with Gasteiger partial charge in [-0.15, -0.1) is 0 Å². The molecule has 6 nitrogen and oxygen atoms in total. The van der Waals surface area contributed by atoms with Crippen LogP contribution in [0.3, 0.4) is 0 Å². The summed E-state index contributed by atoms with van der Waals surface area (Å²) in [4.78, 5) is 27.0. The lowest BCUT2D eigenvalue weighted by atomic mass is 9.94. The average Bonchev–Trinajstić information content (AvgIpc) is 2.64. The van der Waals surface area contributed by atoms with Gasteiger partial charge < -0.3 is 15.4 Å². The Labute approximate surface area is 156 Å². The maximum Gasteiger partial charge on any atom is 0.338 e. The Hall–Kier alpha value is -2.48. The number of nitrogens with zero attached hydrogens (tertiary/aromatic N) is 1. The molecule has 27 heavy (non-hydrogen) atoms. The van der Waals surface area contributed by atoms with Crippen LogP contribution in [0.15, 0.2) is 29.5 Å². The smallest absolute Gasteiger partial charge is 0.338 e. The molecule has 0 saturated carbocycles. The van der Waals surface area contributed by atoms with Gasteiger partial charge in [0.05, 0.1) is 18.2 Å². The number of amides is 2. The van der Waals surface area contributed by atoms with E-state index in [-0.39, 0.29) is 17.7 Å². The molecule has 0 radical (unpaired) electrons. The van der Waals surface area contributed by atoms with Gasteiger partial charge in [0.15, 0.2) is 11.6 Å². The molecule has 2 aliphatic heterocycles. The Morgan fingerprint density at radius 3 is 2.63 bits per heavy atom. The van der Waals surface area contributed by atoms with Crippen LogP contribution in [-0.2, 0) is 9.53 Å². The molecule has 1 fully saturated rings. The largest absolute Gasteiger partial charge is 0.463 e. The first-order chi connectivity index (χ1) is 13.0. The molecule has 1 aromatic carbocycles. The molecule has 0 aliphatic carbocycles. The van der Waals surface area contributed by atoms with E-state index in [1.54, 1.807) is 6.92 Å². The fraction of sp³-hybridized carbons (Fsp3) is 0.474. The second kappa shape index (κ2) is 8.47. The molecule has 3 rings (SSSR count). The first kappa shape index (κ1) is 19.3. The highest BCUT2D eigenvalue weighted by molar-refractivity contribution is 5.95. The molecule has 0 aromatic heterocycles. The summed E-state index contributed by atoms with van der Waals surface area (Å²) < 4.78 is 32.2. The number of rotatable bonds is 5. The van der Waals surface area contributed by atoms with Crippen LogP contribution >= 0.6 is 0 Å². The molecule has 0 unspecified atom stereocenters. The van der Waals surface area contributed by atoms with Crippen LogP contribution < -0.4 is 10.6 Å². The minimum absolute atomic E-state index is 0.164. The normalized spacial score (nSPS) is 20.9. The molecule has 0 bridgehead atoms. The number of carbonyl (C=O) groups excluding carboxylic acids is 2. The zero-order chi connectivity index (χ0) is 19.4. The number of carbonyl (C=O) groups is 2. The SMILES string of the molecule is CCOC(=O)C1=C(CN2CCCCC2)NC(=O)N[C@@H]1c1ccc(F)c(F)c1. The van der Waals surface area contributed by atoms with Crippen molar-refractivity contribution < 1.29 is 23.1 Å². The van der Waals surface area contributed by atoms with Gasteiger partial charge in [0.2, 0.25) is 0 Å². The van der Waals surface area contributed by atoms with Crippen molar-refractivity contribution in [3.63, 3.8) is 0 Å². The topological polar surface area (TPSA) is 70.7 Å². The minimum atomic E-state index is -1.04. The average molecular weight is 379 g/mol. The van der Waals surface area contributed by atoms with E-state index in [2.05, 4.69) is 15.5 Å². The number of piperidine rings is 1. The summed E-state index contributed by atoms with van der Waals surface area (Å²) in [6.45, 7) is 3.99. The number of urea groups is 1. The Bertz CT molecular complexity index is 761. The zero-order valence-corrected chi connectivity index (χ0v) is 15.2. The first-order valence-electron chi connectivity index (χ1n) is 9.14. The summed E-state index contributed by atoms with van der Waals surface area (Å²) in [5.41, 5.74) is 0.935. The monoisotopic (exact) mass is 379 g/mol. The van der Waals surface area contributed by atoms with Gasteiger partial charge in [-0.2, -0.15) is 0 Å². The molecule has 1 saturated heterocycles. The highest BCUT2D eigenvalue weighted by atomic mass is 19.2. The molecule has 0 spiro atoms. The van der Waals surface area contributed by atoms with Crippen molar-refractivity contribution in [1.29, 1.82) is 0 Å². The molecule has 146 valence electrons. The third kappa shape index (κ3) is 4.44. The quantitative estimate of drug-likeness (QED) is 0.772. The molecule has 2 N–H and O–H groups in total. The van der Waals surface area contributed by atoms with Crippen LogP contribution in [0.1, 0.15) is 37.8 Å². The van der Waals surface area contributed by atoms with Crippen molar-refractivity contribution in [3.8, 4) is 0 Å². The van der Waals surface area contributed by atoms with Gasteiger partial charge >= 0.3 is 12.0 Å². The van der Waals surface area contributed by atoms with Gasteiger partial charge in [0, 0.05) is 12.2 Å². The summed E-state index contributed by atoms with van der Waals surface area (Å²) in [6, 6.07) is 1.92. The van der Waals surface area contributed by atoms with E-state index < -0.39 is 29.7 Å². The van der Waals surface area contributed by atoms with Gasteiger partial charge in [0.1, 0.15) is 0 Å². The lowest BCUT2D eigenvalue weighted by Gasteiger charge is -2.33. The van der Waals surface area contributed by atoms with Crippen LogP contribution in [0.5, 0.6) is 0 Å². The second-order valence-electron chi connectivity index (χ2n) is 6.65. The van der Waals surface area contributed by atoms with Crippen molar-refractivity contribution >= 4 is 12.0 Å². The summed E-state index contributed by atoms with van der Waals surface area (Å²) in [6.07, 6.45) is 3.27. The van der Waals surface area contributed by atoms with Crippen molar-refractivity contribution in [2.24, 2.45) is 0 Å². The van der Waals surface area contributed by atoms with Crippen LogP contribution in [0, 0.1) is 11.6 Å². The van der Waals surface area contributed by atoms with E-state index in [0.717, 1.165) is 44.5 Å². The predicted molar refractivity (Wildman–Crippen MR) is 94.7 cm³/mol. The Morgan fingerprint density at radius 1 is 1.22 bits per heavy atom. The predicted octanol–water partition coefficient (Wildman–Crippen LogP) is 2.62. The molecule has 8 heteroatoms. The van der Waals surface area contributed by atoms with E-state index in [0.29, 0.717) is 12.2 Å². The van der Waals surface area contributed by atoms with E-state index in [9.17, 15) is 18.4 Å². The summed E-state index contributed by atoms with van der Waals surface area (Å²) in [5.74, 6) is -2.62. The number of ether oxygens (including phenoxy) is 1. The highest BCUT2D eigenvalue weighted by Gasteiger charge is 2.34. The van der Waals surface area contributed by atoms with Crippen LogP contribution in [0.4, 0.5) is 13.6 Å². The number of hydrogen-bond donors (Lipinski definition) is 2. The molecule has 1 aromatic rings. The van der Waals surface area contributed by atoms with Crippen molar-refractivity contribution in [2.45, 2.75) is 32.2 Å². The Balaban J connectivity index is 2.00. The lowest BCUT2D eigenvalue weighted by Crippen LogP contribution is -2.49. The standard InChI is InChI=1S/C19H23F2N3O3/c1-2-27-18(25)16-15(11-24-8-4-3-5-9-24)22-19(26)23-17(16)12-6-7-13(20)14(21)10-12/h6-7,10,17H,2-5,8-9,11H2,1H3,(H2,22,23,26)/t17-/m1/s1. The summed E-state index contributed by atoms with van der Waals surface area (Å²) in [5, 5.41) is 5.32. The molecule has 2 aliphatic rings. The minimum Gasteiger partial charge on any atom is -0.463 e. The van der Waals surface area contributed by atoms with Gasteiger partial charge in [0.25, 0.3) is 0 Å². The number of halogens is 2. The molecule has 2 amide bonds. The van der Waals surface area contributed by atoms with Crippen molar-refractivity contribution in [3.05, 3.63) is 46.7 Å². The number of hydrogen-bond acceptors (Lipinski definition) is 4. The zero-order valence-electron chi connectivity index (χ0n) is 15.2. The molecular formula is C19H23F2N3O3. The van der Waals surface area contributed by atoms with Crippen LogP contribution in [0.25, 0.3) is 0 Å². The maximum atomic E-state index is 13.7.